The van der Waals surface area contributed by atoms with Crippen molar-refractivity contribution in [2.45, 2.75) is 25.4 Å². The number of rotatable bonds is 3. The maximum absolute atomic E-state index is 9.90. The summed E-state index contributed by atoms with van der Waals surface area (Å²) in [5, 5.41) is 10.3. The van der Waals surface area contributed by atoms with E-state index in [1.807, 2.05) is 12.1 Å². The van der Waals surface area contributed by atoms with Crippen molar-refractivity contribution in [1.29, 1.82) is 0 Å². The first-order chi connectivity index (χ1) is 8.58. The van der Waals surface area contributed by atoms with Crippen molar-refractivity contribution in [3.63, 3.8) is 0 Å². The maximum atomic E-state index is 9.90. The van der Waals surface area contributed by atoms with Crippen LogP contribution in [0.15, 0.2) is 18.2 Å². The molecule has 1 aromatic carbocycles. The molecule has 4 heteroatoms. The number of para-hydroxylation sites is 1. The summed E-state index contributed by atoms with van der Waals surface area (Å²) in [6.07, 6.45) is 2.38. The molecule has 0 aliphatic carbocycles. The molecule has 1 aliphatic heterocycles. The molecule has 0 spiro atoms. The second-order valence-corrected chi connectivity index (χ2v) is 5.63. The van der Waals surface area contributed by atoms with Crippen LogP contribution in [-0.4, -0.2) is 48.1 Å². The lowest BCUT2D eigenvalue weighted by Gasteiger charge is -2.35. The second-order valence-electron chi connectivity index (χ2n) is 5.22. The van der Waals surface area contributed by atoms with Crippen molar-refractivity contribution in [3.8, 4) is 5.75 Å². The highest BCUT2D eigenvalue weighted by Crippen LogP contribution is 2.28. The van der Waals surface area contributed by atoms with Crippen LogP contribution in [0.1, 0.15) is 18.4 Å². The number of hydrogen-bond acceptors (Lipinski definition) is 3. The summed E-state index contributed by atoms with van der Waals surface area (Å²) in [6, 6.07) is 6.25. The lowest BCUT2D eigenvalue weighted by Crippen LogP contribution is -2.41. The van der Waals surface area contributed by atoms with Crippen LogP contribution in [0.3, 0.4) is 0 Å². The van der Waals surface area contributed by atoms with Gasteiger partial charge in [-0.15, -0.1) is 0 Å². The molecule has 1 saturated heterocycles. The van der Waals surface area contributed by atoms with E-state index in [1.165, 1.54) is 12.8 Å². The smallest absolute Gasteiger partial charge is 0.138 e. The Kier molecular flexibility index (Phi) is 4.49. The van der Waals surface area contributed by atoms with Gasteiger partial charge in [0.2, 0.25) is 0 Å². The Bertz CT molecular complexity index is 401. The Hall–Kier alpha value is -0.770. The largest absolute Gasteiger partial charge is 0.506 e. The fourth-order valence-corrected chi connectivity index (χ4v) is 2.72. The fourth-order valence-electron chi connectivity index (χ4n) is 2.52. The third-order valence-electron chi connectivity index (χ3n) is 3.75. The Morgan fingerprint density at radius 1 is 1.33 bits per heavy atom. The number of likely N-dealkylation sites (tertiary alicyclic amines) is 1. The van der Waals surface area contributed by atoms with Crippen molar-refractivity contribution in [2.75, 3.05) is 27.2 Å². The van der Waals surface area contributed by atoms with Gasteiger partial charge in [0, 0.05) is 18.2 Å². The molecule has 1 fully saturated rings. The van der Waals surface area contributed by atoms with E-state index in [0.29, 0.717) is 11.1 Å². The molecule has 0 unspecified atom stereocenters. The lowest BCUT2D eigenvalue weighted by atomic mass is 10.0. The molecule has 0 saturated carbocycles. The average molecular weight is 269 g/mol. The molecule has 1 aliphatic rings. The van der Waals surface area contributed by atoms with E-state index >= 15 is 0 Å². The number of hydrogen-bond donors (Lipinski definition) is 1. The molecular weight excluding hydrogens is 248 g/mol. The van der Waals surface area contributed by atoms with Gasteiger partial charge in [0.1, 0.15) is 5.75 Å². The molecule has 18 heavy (non-hydrogen) atoms. The zero-order valence-corrected chi connectivity index (χ0v) is 11.8. The van der Waals surface area contributed by atoms with Crippen LogP contribution in [0.4, 0.5) is 0 Å². The monoisotopic (exact) mass is 268 g/mol. The van der Waals surface area contributed by atoms with E-state index in [-0.39, 0.29) is 5.75 Å². The van der Waals surface area contributed by atoms with Gasteiger partial charge in [-0.25, -0.2) is 0 Å². The maximum Gasteiger partial charge on any atom is 0.138 e. The van der Waals surface area contributed by atoms with Gasteiger partial charge in [-0.3, -0.25) is 4.90 Å². The van der Waals surface area contributed by atoms with Gasteiger partial charge in [0.15, 0.2) is 0 Å². The molecule has 0 bridgehead atoms. The SMILES string of the molecule is CN(C)C1CCN(Cc2cccc(Cl)c2O)CC1. The summed E-state index contributed by atoms with van der Waals surface area (Å²) in [4.78, 5) is 4.68. The molecule has 100 valence electrons. The quantitative estimate of drug-likeness (QED) is 0.913. The van der Waals surface area contributed by atoms with Crippen LogP contribution < -0.4 is 0 Å². The number of piperidine rings is 1. The van der Waals surface area contributed by atoms with Crippen LogP contribution in [0, 0.1) is 0 Å². The predicted molar refractivity (Wildman–Crippen MR) is 75.1 cm³/mol. The molecule has 0 radical (unpaired) electrons. The molecule has 0 atom stereocenters. The van der Waals surface area contributed by atoms with Crippen LogP contribution in [0.25, 0.3) is 0 Å². The average Bonchev–Trinajstić information content (AvgIpc) is 2.36. The molecule has 1 heterocycles. The minimum Gasteiger partial charge on any atom is -0.506 e. The van der Waals surface area contributed by atoms with Crippen molar-refractivity contribution >= 4 is 11.6 Å². The number of halogens is 1. The van der Waals surface area contributed by atoms with Crippen LogP contribution in [0.5, 0.6) is 5.75 Å². The Labute approximate surface area is 114 Å². The highest BCUT2D eigenvalue weighted by molar-refractivity contribution is 6.32. The zero-order chi connectivity index (χ0) is 13.1. The van der Waals surface area contributed by atoms with Crippen LogP contribution >= 0.6 is 11.6 Å². The first-order valence-corrected chi connectivity index (χ1v) is 6.81. The third-order valence-corrected chi connectivity index (χ3v) is 4.06. The number of phenols is 1. The van der Waals surface area contributed by atoms with Gasteiger partial charge in [-0.05, 0) is 46.1 Å². The van der Waals surface area contributed by atoms with Crippen LogP contribution in [0.2, 0.25) is 5.02 Å². The predicted octanol–water partition coefficient (Wildman–Crippen LogP) is 2.57. The topological polar surface area (TPSA) is 26.7 Å². The van der Waals surface area contributed by atoms with E-state index in [0.717, 1.165) is 25.2 Å². The van der Waals surface area contributed by atoms with Crippen LogP contribution in [-0.2, 0) is 6.54 Å². The van der Waals surface area contributed by atoms with Crippen molar-refractivity contribution < 1.29 is 5.11 Å². The van der Waals surface area contributed by atoms with Crippen molar-refractivity contribution in [3.05, 3.63) is 28.8 Å². The molecule has 3 nitrogen and oxygen atoms in total. The van der Waals surface area contributed by atoms with Gasteiger partial charge < -0.3 is 10.0 Å². The summed E-state index contributed by atoms with van der Waals surface area (Å²) in [7, 11) is 4.28. The first kappa shape index (κ1) is 13.7. The summed E-state index contributed by atoms with van der Waals surface area (Å²) in [6.45, 7) is 2.94. The third kappa shape index (κ3) is 3.16. The van der Waals surface area contributed by atoms with Crippen molar-refractivity contribution in [2.24, 2.45) is 0 Å². The molecular formula is C14H21ClN2O. The minimum atomic E-state index is 0.230. The Balaban J connectivity index is 1.94. The number of phenolic OH excluding ortho intramolecular Hbond substituents is 1. The van der Waals surface area contributed by atoms with Gasteiger partial charge in [-0.2, -0.15) is 0 Å². The van der Waals surface area contributed by atoms with E-state index in [4.69, 9.17) is 11.6 Å². The highest BCUT2D eigenvalue weighted by atomic mass is 35.5. The fraction of sp³-hybridized carbons (Fsp3) is 0.571. The summed E-state index contributed by atoms with van der Waals surface area (Å²) >= 11 is 5.92. The van der Waals surface area contributed by atoms with Gasteiger partial charge in [0.05, 0.1) is 5.02 Å². The molecule has 2 rings (SSSR count). The first-order valence-electron chi connectivity index (χ1n) is 6.43. The minimum absolute atomic E-state index is 0.230. The van der Waals surface area contributed by atoms with Gasteiger partial charge in [0.25, 0.3) is 0 Å². The normalized spacial score (nSPS) is 18.4. The number of aromatic hydroxyl groups is 1. The lowest BCUT2D eigenvalue weighted by molar-refractivity contribution is 0.139. The molecule has 1 aromatic rings. The van der Waals surface area contributed by atoms with Gasteiger partial charge in [-0.1, -0.05) is 23.7 Å². The Morgan fingerprint density at radius 2 is 2.00 bits per heavy atom. The summed E-state index contributed by atoms with van der Waals surface area (Å²) in [5.41, 5.74) is 0.922. The summed E-state index contributed by atoms with van der Waals surface area (Å²) in [5.74, 6) is 0.230. The zero-order valence-electron chi connectivity index (χ0n) is 11.1. The highest BCUT2D eigenvalue weighted by Gasteiger charge is 2.21. The summed E-state index contributed by atoms with van der Waals surface area (Å²) < 4.78 is 0. The van der Waals surface area contributed by atoms with Crippen molar-refractivity contribution in [1.82, 2.24) is 9.80 Å². The molecule has 1 N–H and O–H groups in total. The van der Waals surface area contributed by atoms with E-state index in [2.05, 4.69) is 23.9 Å². The standard InChI is InChI=1S/C14H21ClN2O/c1-16(2)12-6-8-17(9-7-12)10-11-4-3-5-13(15)14(11)18/h3-5,12,18H,6-10H2,1-2H3. The van der Waals surface area contributed by atoms with E-state index in [1.54, 1.807) is 6.07 Å². The molecule has 0 aromatic heterocycles. The Morgan fingerprint density at radius 3 is 2.61 bits per heavy atom. The second kappa shape index (κ2) is 5.91. The molecule has 0 amide bonds. The van der Waals surface area contributed by atoms with E-state index in [9.17, 15) is 5.11 Å². The number of benzene rings is 1. The van der Waals surface area contributed by atoms with Gasteiger partial charge >= 0.3 is 0 Å². The number of nitrogens with zero attached hydrogens (tertiary/aromatic N) is 2. The van der Waals surface area contributed by atoms with E-state index < -0.39 is 0 Å².